The van der Waals surface area contributed by atoms with Gasteiger partial charge in [-0.05, 0) is 28.1 Å². The van der Waals surface area contributed by atoms with Gasteiger partial charge in [-0.3, -0.25) is 9.59 Å². The Kier molecular flexibility index (Phi) is 2.70. The summed E-state index contributed by atoms with van der Waals surface area (Å²) in [4.78, 5) is 25.6. The predicted molar refractivity (Wildman–Crippen MR) is 46.9 cm³/mol. The van der Waals surface area contributed by atoms with E-state index < -0.39 is 11.6 Å². The first-order chi connectivity index (χ1) is 5.61. The Bertz CT molecular complexity index is 336. The number of carbonyl (C=O) groups is 2. The fourth-order valence-electron chi connectivity index (χ4n) is 0.747. The molecule has 0 radical (unpaired) electrons. The lowest BCUT2D eigenvalue weighted by molar-refractivity contribution is -0.113. The van der Waals surface area contributed by atoms with E-state index in [-0.39, 0.29) is 0 Å². The van der Waals surface area contributed by atoms with Crippen molar-refractivity contribution < 1.29 is 9.59 Å². The van der Waals surface area contributed by atoms with Gasteiger partial charge >= 0.3 is 0 Å². The summed E-state index contributed by atoms with van der Waals surface area (Å²) in [6, 6.07) is 3.03. The molecule has 0 saturated carbocycles. The molecular weight excluding hydrogens is 222 g/mol. The minimum atomic E-state index is -0.488. The average molecular weight is 228 g/mol. The van der Waals surface area contributed by atoms with Crippen LogP contribution in [0, 0.1) is 0 Å². The minimum absolute atomic E-state index is 0.365. The number of nitrogens with zero attached hydrogens (tertiary/aromatic N) is 1. The van der Waals surface area contributed by atoms with Crippen LogP contribution in [-0.4, -0.2) is 16.6 Å². The zero-order chi connectivity index (χ0) is 9.14. The molecule has 0 aliphatic carbocycles. The first-order valence-electron chi connectivity index (χ1n) is 3.28. The van der Waals surface area contributed by atoms with Gasteiger partial charge < -0.3 is 0 Å². The van der Waals surface area contributed by atoms with Gasteiger partial charge in [0.15, 0.2) is 5.78 Å². The molecule has 0 spiro atoms. The van der Waals surface area contributed by atoms with Crippen molar-refractivity contribution in [3.8, 4) is 0 Å². The highest BCUT2D eigenvalue weighted by Crippen LogP contribution is 2.08. The van der Waals surface area contributed by atoms with Gasteiger partial charge in [0.05, 0.1) is 0 Å². The van der Waals surface area contributed by atoms with Crippen molar-refractivity contribution in [1.29, 1.82) is 0 Å². The molecule has 0 bridgehead atoms. The lowest BCUT2D eigenvalue weighted by Gasteiger charge is -1.95. The van der Waals surface area contributed by atoms with Crippen LogP contribution in [0.3, 0.4) is 0 Å². The van der Waals surface area contributed by atoms with Gasteiger partial charge in [0.1, 0.15) is 4.60 Å². The molecule has 0 aliphatic heterocycles. The lowest BCUT2D eigenvalue weighted by Crippen LogP contribution is -2.09. The van der Waals surface area contributed by atoms with Crippen molar-refractivity contribution in [2.24, 2.45) is 0 Å². The normalized spacial score (nSPS) is 9.50. The fourth-order valence-corrected chi connectivity index (χ4v) is 1.11. The quantitative estimate of drug-likeness (QED) is 0.439. The van der Waals surface area contributed by atoms with E-state index in [0.29, 0.717) is 10.2 Å². The molecule has 0 aromatic carbocycles. The topological polar surface area (TPSA) is 47.0 Å². The second-order valence-electron chi connectivity index (χ2n) is 2.25. The third-order valence-corrected chi connectivity index (χ3v) is 1.74. The molecule has 1 heterocycles. The molecule has 4 heteroatoms. The highest BCUT2D eigenvalue weighted by Gasteiger charge is 2.10. The van der Waals surface area contributed by atoms with Gasteiger partial charge in [0.25, 0.3) is 0 Å². The van der Waals surface area contributed by atoms with Crippen LogP contribution < -0.4 is 0 Å². The monoisotopic (exact) mass is 227 g/mol. The summed E-state index contributed by atoms with van der Waals surface area (Å²) in [5.41, 5.74) is 0.365. The Morgan fingerprint density at radius 2 is 2.17 bits per heavy atom. The molecule has 0 N–H and O–H groups in total. The van der Waals surface area contributed by atoms with Crippen LogP contribution in [0.15, 0.2) is 22.9 Å². The maximum absolute atomic E-state index is 11.1. The third kappa shape index (κ3) is 1.98. The molecule has 3 nitrogen and oxygen atoms in total. The molecule has 0 unspecified atom stereocenters. The summed E-state index contributed by atoms with van der Waals surface area (Å²) in [5.74, 6) is -0.953. The molecule has 1 rings (SSSR count). The highest BCUT2D eigenvalue weighted by molar-refractivity contribution is 9.10. The van der Waals surface area contributed by atoms with Crippen LogP contribution in [0.25, 0.3) is 0 Å². The van der Waals surface area contributed by atoms with Crippen LogP contribution in [0.1, 0.15) is 17.3 Å². The summed E-state index contributed by atoms with van der Waals surface area (Å²) in [6.07, 6.45) is 1.47. The first kappa shape index (κ1) is 9.06. The van der Waals surface area contributed by atoms with E-state index in [4.69, 9.17) is 0 Å². The van der Waals surface area contributed by atoms with E-state index in [2.05, 4.69) is 20.9 Å². The Labute approximate surface area is 77.9 Å². The predicted octanol–water partition coefficient (Wildman–Crippen LogP) is 1.62. The van der Waals surface area contributed by atoms with Crippen molar-refractivity contribution in [3.63, 3.8) is 0 Å². The van der Waals surface area contributed by atoms with E-state index in [0.717, 1.165) is 0 Å². The molecule has 0 atom stereocenters. The molecule has 0 aliphatic rings. The van der Waals surface area contributed by atoms with Gasteiger partial charge in [-0.2, -0.15) is 0 Å². The maximum Gasteiger partial charge on any atom is 0.228 e. The van der Waals surface area contributed by atoms with Gasteiger partial charge in [-0.1, -0.05) is 0 Å². The van der Waals surface area contributed by atoms with Crippen LogP contribution in [-0.2, 0) is 4.79 Å². The Hall–Kier alpha value is -1.03. The van der Waals surface area contributed by atoms with E-state index >= 15 is 0 Å². The number of hydrogen-bond acceptors (Lipinski definition) is 3. The van der Waals surface area contributed by atoms with Crippen LogP contribution in [0.4, 0.5) is 0 Å². The van der Waals surface area contributed by atoms with Gasteiger partial charge in [0, 0.05) is 18.7 Å². The summed E-state index contributed by atoms with van der Waals surface area (Å²) < 4.78 is 0.551. The zero-order valence-corrected chi connectivity index (χ0v) is 7.96. The van der Waals surface area contributed by atoms with Crippen LogP contribution >= 0.6 is 15.9 Å². The SMILES string of the molecule is CC(=O)C(=O)c1ccnc(Br)c1. The number of rotatable bonds is 2. The van der Waals surface area contributed by atoms with Crippen LogP contribution in [0.5, 0.6) is 0 Å². The maximum atomic E-state index is 11.1. The number of Topliss-reactive ketones (excluding diaryl/α,β-unsaturated/α-hetero) is 2. The summed E-state index contributed by atoms with van der Waals surface area (Å²) in [5, 5.41) is 0. The van der Waals surface area contributed by atoms with Gasteiger partial charge in [-0.25, -0.2) is 4.98 Å². The van der Waals surface area contributed by atoms with Crippen molar-refractivity contribution in [2.45, 2.75) is 6.92 Å². The van der Waals surface area contributed by atoms with E-state index in [1.54, 1.807) is 0 Å². The van der Waals surface area contributed by atoms with E-state index in [1.807, 2.05) is 0 Å². The number of carbonyl (C=O) groups excluding carboxylic acids is 2. The molecule has 12 heavy (non-hydrogen) atoms. The van der Waals surface area contributed by atoms with Gasteiger partial charge in [0.2, 0.25) is 5.78 Å². The first-order valence-corrected chi connectivity index (χ1v) is 4.07. The molecule has 1 aromatic heterocycles. The second-order valence-corrected chi connectivity index (χ2v) is 3.07. The van der Waals surface area contributed by atoms with Crippen molar-refractivity contribution in [1.82, 2.24) is 4.98 Å². The second kappa shape index (κ2) is 3.58. The number of aromatic nitrogens is 1. The Balaban J connectivity index is 3.04. The standard InChI is InChI=1S/C8H6BrNO2/c1-5(11)8(12)6-2-3-10-7(9)4-6/h2-4H,1H3. The van der Waals surface area contributed by atoms with Crippen molar-refractivity contribution in [2.75, 3.05) is 0 Å². The summed E-state index contributed by atoms with van der Waals surface area (Å²) in [7, 11) is 0. The van der Waals surface area contributed by atoms with E-state index in [9.17, 15) is 9.59 Å². The third-order valence-electron chi connectivity index (χ3n) is 1.31. The number of hydrogen-bond donors (Lipinski definition) is 0. The zero-order valence-electron chi connectivity index (χ0n) is 6.37. The largest absolute Gasteiger partial charge is 0.291 e. The molecule has 62 valence electrons. The fraction of sp³-hybridized carbons (Fsp3) is 0.125. The number of pyridine rings is 1. The molecule has 0 saturated heterocycles. The number of ketones is 2. The highest BCUT2D eigenvalue weighted by atomic mass is 79.9. The average Bonchev–Trinajstić information content (AvgIpc) is 2.03. The molecule has 0 amide bonds. The van der Waals surface area contributed by atoms with Crippen molar-refractivity contribution in [3.05, 3.63) is 28.5 Å². The molecular formula is C8H6BrNO2. The van der Waals surface area contributed by atoms with Crippen molar-refractivity contribution >= 4 is 27.5 Å². The Morgan fingerprint density at radius 3 is 2.67 bits per heavy atom. The molecule has 0 fully saturated rings. The summed E-state index contributed by atoms with van der Waals surface area (Å²) >= 11 is 3.10. The minimum Gasteiger partial charge on any atom is -0.291 e. The van der Waals surface area contributed by atoms with Gasteiger partial charge in [-0.15, -0.1) is 0 Å². The van der Waals surface area contributed by atoms with Crippen LogP contribution in [0.2, 0.25) is 0 Å². The lowest BCUT2D eigenvalue weighted by atomic mass is 10.1. The van der Waals surface area contributed by atoms with E-state index in [1.165, 1.54) is 25.3 Å². The number of halogens is 1. The summed E-state index contributed by atoms with van der Waals surface area (Å²) in [6.45, 7) is 1.25. The smallest absolute Gasteiger partial charge is 0.228 e. The molecule has 1 aromatic rings. The Morgan fingerprint density at radius 1 is 1.50 bits per heavy atom.